The Labute approximate surface area is 140 Å². The van der Waals surface area contributed by atoms with E-state index in [-0.39, 0.29) is 30.2 Å². The number of nitrogens with zero attached hydrogens (tertiary/aromatic N) is 2. The van der Waals surface area contributed by atoms with Gasteiger partial charge in [-0.25, -0.2) is 4.79 Å². The van der Waals surface area contributed by atoms with Gasteiger partial charge in [0.2, 0.25) is 0 Å². The van der Waals surface area contributed by atoms with E-state index in [1.54, 1.807) is 4.90 Å². The standard InChI is InChI=1S/C17H25N3O4/c1-2-12-6-3-4-8-19(12)15(21)14-10-18-17(23)20(16(14)22)11-13-7-5-9-24-13/h10,12-13H,2-9,11H2,1H3,(H,18,23). The Hall–Kier alpha value is -1.89. The van der Waals surface area contributed by atoms with Gasteiger partial charge >= 0.3 is 5.69 Å². The number of H-pyrrole nitrogens is 1. The van der Waals surface area contributed by atoms with Crippen molar-refractivity contribution in [3.63, 3.8) is 0 Å². The Morgan fingerprint density at radius 3 is 2.83 bits per heavy atom. The van der Waals surface area contributed by atoms with Crippen LogP contribution in [0.4, 0.5) is 0 Å². The second-order valence-corrected chi connectivity index (χ2v) is 6.61. The number of amides is 1. The molecule has 0 radical (unpaired) electrons. The first-order valence-electron chi connectivity index (χ1n) is 8.87. The number of hydrogen-bond acceptors (Lipinski definition) is 4. The number of nitrogens with one attached hydrogen (secondary N) is 1. The number of aromatic nitrogens is 2. The molecule has 0 bridgehead atoms. The molecule has 1 aromatic rings. The SMILES string of the molecule is CCC1CCCCN1C(=O)c1c[nH]c(=O)n(CC2CCCO2)c1=O. The molecule has 0 saturated carbocycles. The Balaban J connectivity index is 1.88. The fourth-order valence-corrected chi connectivity index (χ4v) is 3.67. The molecule has 1 N–H and O–H groups in total. The highest BCUT2D eigenvalue weighted by Crippen LogP contribution is 2.20. The van der Waals surface area contributed by atoms with Gasteiger partial charge in [0.15, 0.2) is 0 Å². The first-order valence-corrected chi connectivity index (χ1v) is 8.87. The molecular formula is C17H25N3O4. The second-order valence-electron chi connectivity index (χ2n) is 6.61. The minimum atomic E-state index is -0.514. The molecule has 24 heavy (non-hydrogen) atoms. The van der Waals surface area contributed by atoms with E-state index in [0.29, 0.717) is 13.2 Å². The highest BCUT2D eigenvalue weighted by molar-refractivity contribution is 5.93. The van der Waals surface area contributed by atoms with Crippen molar-refractivity contribution in [3.8, 4) is 0 Å². The van der Waals surface area contributed by atoms with Crippen molar-refractivity contribution in [1.82, 2.24) is 14.5 Å². The fourth-order valence-electron chi connectivity index (χ4n) is 3.67. The van der Waals surface area contributed by atoms with Gasteiger partial charge in [0.1, 0.15) is 5.56 Å². The molecule has 2 fully saturated rings. The number of piperidine rings is 1. The molecule has 0 aliphatic carbocycles. The molecule has 0 aromatic carbocycles. The van der Waals surface area contributed by atoms with Crippen molar-refractivity contribution in [3.05, 3.63) is 32.6 Å². The average molecular weight is 335 g/mol. The summed E-state index contributed by atoms with van der Waals surface area (Å²) in [7, 11) is 0. The summed E-state index contributed by atoms with van der Waals surface area (Å²) in [6.07, 6.45) is 6.80. The van der Waals surface area contributed by atoms with Crippen LogP contribution in [0.5, 0.6) is 0 Å². The molecule has 1 aromatic heterocycles. The first-order chi connectivity index (χ1) is 11.6. The maximum absolute atomic E-state index is 12.8. The van der Waals surface area contributed by atoms with Crippen molar-refractivity contribution in [2.75, 3.05) is 13.2 Å². The predicted molar refractivity (Wildman–Crippen MR) is 89.3 cm³/mol. The van der Waals surface area contributed by atoms with Gasteiger partial charge in [-0.3, -0.25) is 14.2 Å². The number of hydrogen-bond donors (Lipinski definition) is 1. The van der Waals surface area contributed by atoms with E-state index in [2.05, 4.69) is 11.9 Å². The third-order valence-electron chi connectivity index (χ3n) is 5.06. The maximum atomic E-state index is 12.8. The lowest BCUT2D eigenvalue weighted by atomic mass is 9.99. The summed E-state index contributed by atoms with van der Waals surface area (Å²) in [5.41, 5.74) is -0.953. The summed E-state index contributed by atoms with van der Waals surface area (Å²) >= 11 is 0. The zero-order valence-electron chi connectivity index (χ0n) is 14.1. The monoisotopic (exact) mass is 335 g/mol. The fraction of sp³-hybridized carbons (Fsp3) is 0.706. The van der Waals surface area contributed by atoms with Crippen LogP contribution in [0.3, 0.4) is 0 Å². The van der Waals surface area contributed by atoms with Crippen LogP contribution in [0.1, 0.15) is 55.8 Å². The Morgan fingerprint density at radius 2 is 2.12 bits per heavy atom. The van der Waals surface area contributed by atoms with E-state index in [9.17, 15) is 14.4 Å². The van der Waals surface area contributed by atoms with Crippen LogP contribution in [0.2, 0.25) is 0 Å². The Bertz CT molecular complexity index is 703. The molecule has 0 spiro atoms. The Kier molecular flexibility index (Phi) is 5.18. The predicted octanol–water partition coefficient (Wildman–Crippen LogP) is 1.12. The van der Waals surface area contributed by atoms with Crippen molar-refractivity contribution in [1.29, 1.82) is 0 Å². The molecule has 2 aliphatic rings. The number of ether oxygens (including phenoxy) is 1. The van der Waals surface area contributed by atoms with E-state index in [1.807, 2.05) is 0 Å². The van der Waals surface area contributed by atoms with Crippen molar-refractivity contribution < 1.29 is 9.53 Å². The first kappa shape index (κ1) is 17.0. The number of rotatable bonds is 4. The van der Waals surface area contributed by atoms with Crippen LogP contribution in [0.15, 0.2) is 15.8 Å². The summed E-state index contributed by atoms with van der Waals surface area (Å²) in [6, 6.07) is 0.171. The van der Waals surface area contributed by atoms with Crippen LogP contribution in [0.25, 0.3) is 0 Å². The molecule has 7 heteroatoms. The maximum Gasteiger partial charge on any atom is 0.328 e. The summed E-state index contributed by atoms with van der Waals surface area (Å²) in [5, 5.41) is 0. The summed E-state index contributed by atoms with van der Waals surface area (Å²) < 4.78 is 6.62. The van der Waals surface area contributed by atoms with E-state index >= 15 is 0 Å². The molecule has 3 heterocycles. The second kappa shape index (κ2) is 7.34. The van der Waals surface area contributed by atoms with E-state index < -0.39 is 11.2 Å². The molecule has 7 nitrogen and oxygen atoms in total. The smallest absolute Gasteiger partial charge is 0.328 e. The number of aromatic amines is 1. The van der Waals surface area contributed by atoms with E-state index in [4.69, 9.17) is 4.74 Å². The van der Waals surface area contributed by atoms with Gasteiger partial charge in [0.05, 0.1) is 12.6 Å². The van der Waals surface area contributed by atoms with E-state index in [0.717, 1.165) is 43.1 Å². The summed E-state index contributed by atoms with van der Waals surface area (Å²) in [4.78, 5) is 41.9. The van der Waals surface area contributed by atoms with Crippen molar-refractivity contribution in [2.24, 2.45) is 0 Å². The number of carbonyl (C=O) groups excluding carboxylic acids is 1. The minimum Gasteiger partial charge on any atom is -0.376 e. The molecular weight excluding hydrogens is 310 g/mol. The van der Waals surface area contributed by atoms with Gasteiger partial charge in [0.25, 0.3) is 11.5 Å². The van der Waals surface area contributed by atoms with Gasteiger partial charge in [0, 0.05) is 25.4 Å². The topological polar surface area (TPSA) is 84.4 Å². The molecule has 132 valence electrons. The lowest BCUT2D eigenvalue weighted by molar-refractivity contribution is 0.0602. The number of carbonyl (C=O) groups is 1. The number of likely N-dealkylation sites (tertiary alicyclic amines) is 1. The minimum absolute atomic E-state index is 0.0490. The van der Waals surface area contributed by atoms with Gasteiger partial charge in [-0.2, -0.15) is 0 Å². The van der Waals surface area contributed by atoms with Gasteiger partial charge in [-0.05, 0) is 38.5 Å². The van der Waals surface area contributed by atoms with Gasteiger partial charge in [-0.1, -0.05) is 6.92 Å². The van der Waals surface area contributed by atoms with Gasteiger partial charge in [-0.15, -0.1) is 0 Å². The average Bonchev–Trinajstić information content (AvgIpc) is 3.11. The van der Waals surface area contributed by atoms with Crippen molar-refractivity contribution in [2.45, 2.75) is 64.1 Å². The van der Waals surface area contributed by atoms with Crippen LogP contribution < -0.4 is 11.2 Å². The summed E-state index contributed by atoms with van der Waals surface area (Å²) in [6.45, 7) is 3.58. The van der Waals surface area contributed by atoms with E-state index in [1.165, 1.54) is 6.20 Å². The molecule has 3 rings (SSSR count). The normalized spacial score (nSPS) is 24.3. The quantitative estimate of drug-likeness (QED) is 0.893. The third-order valence-corrected chi connectivity index (χ3v) is 5.06. The van der Waals surface area contributed by atoms with Crippen molar-refractivity contribution >= 4 is 5.91 Å². The zero-order valence-corrected chi connectivity index (χ0v) is 14.1. The summed E-state index contributed by atoms with van der Waals surface area (Å²) in [5.74, 6) is -0.274. The third kappa shape index (κ3) is 3.31. The molecule has 2 saturated heterocycles. The lowest BCUT2D eigenvalue weighted by Crippen LogP contribution is -2.48. The molecule has 2 unspecified atom stereocenters. The highest BCUT2D eigenvalue weighted by atomic mass is 16.5. The van der Waals surface area contributed by atoms with Crippen LogP contribution in [-0.4, -0.2) is 45.7 Å². The molecule has 2 atom stereocenters. The van der Waals surface area contributed by atoms with Crippen LogP contribution >= 0.6 is 0 Å². The van der Waals surface area contributed by atoms with Gasteiger partial charge < -0.3 is 14.6 Å². The Morgan fingerprint density at radius 1 is 1.29 bits per heavy atom. The lowest BCUT2D eigenvalue weighted by Gasteiger charge is -2.35. The highest BCUT2D eigenvalue weighted by Gasteiger charge is 2.29. The molecule has 2 aliphatic heterocycles. The van der Waals surface area contributed by atoms with Crippen LogP contribution in [-0.2, 0) is 11.3 Å². The largest absolute Gasteiger partial charge is 0.376 e. The zero-order chi connectivity index (χ0) is 17.1. The van der Waals surface area contributed by atoms with Crippen LogP contribution in [0, 0.1) is 0 Å². The molecule has 1 amide bonds.